The van der Waals surface area contributed by atoms with E-state index < -0.39 is 17.7 Å². The fraction of sp³-hybridized carbons (Fsp3) is 0.400. The number of ether oxygens (including phenoxy) is 1. The number of benzene rings is 2. The Morgan fingerprint density at radius 1 is 1.14 bits per heavy atom. The van der Waals surface area contributed by atoms with Gasteiger partial charge >= 0.3 is 0 Å². The molecule has 0 N–H and O–H groups in total. The summed E-state index contributed by atoms with van der Waals surface area (Å²) in [6.07, 6.45) is 6.10. The summed E-state index contributed by atoms with van der Waals surface area (Å²) < 4.78 is 35.7. The molecule has 0 amide bonds. The quantitative estimate of drug-likeness (QED) is 0.368. The van der Waals surface area contributed by atoms with Crippen LogP contribution in [0.3, 0.4) is 0 Å². The van der Waals surface area contributed by atoms with Gasteiger partial charge in [-0.3, -0.25) is 4.79 Å². The van der Waals surface area contributed by atoms with Crippen molar-refractivity contribution in [2.75, 3.05) is 0 Å². The van der Waals surface area contributed by atoms with Crippen molar-refractivity contribution in [2.24, 2.45) is 5.92 Å². The first-order valence-electron chi connectivity index (χ1n) is 10.3. The van der Waals surface area contributed by atoms with Crippen LogP contribution in [0.2, 0.25) is 0 Å². The van der Waals surface area contributed by atoms with Crippen molar-refractivity contribution in [3.05, 3.63) is 76.9 Å². The Labute approximate surface area is 171 Å². The number of halogens is 2. The number of hydrogen-bond acceptors (Lipinski definition) is 2. The van der Waals surface area contributed by atoms with Crippen LogP contribution < -0.4 is 4.74 Å². The highest BCUT2D eigenvalue weighted by atomic mass is 19.2. The zero-order chi connectivity index (χ0) is 21.0. The van der Waals surface area contributed by atoms with Gasteiger partial charge in [0.1, 0.15) is 6.10 Å². The van der Waals surface area contributed by atoms with Crippen molar-refractivity contribution in [1.29, 1.82) is 0 Å². The fourth-order valence-electron chi connectivity index (χ4n) is 4.17. The van der Waals surface area contributed by atoms with Crippen LogP contribution in [0.5, 0.6) is 5.75 Å². The maximum absolute atomic E-state index is 15.0. The predicted octanol–water partition coefficient (Wildman–Crippen LogP) is 7.08. The summed E-state index contributed by atoms with van der Waals surface area (Å²) in [5.41, 5.74) is 2.15. The molecule has 1 saturated carbocycles. The van der Waals surface area contributed by atoms with Crippen molar-refractivity contribution in [1.82, 2.24) is 0 Å². The minimum absolute atomic E-state index is 0.0375. The van der Waals surface area contributed by atoms with E-state index in [1.165, 1.54) is 12.1 Å². The average Bonchev–Trinajstić information content (AvgIpc) is 2.75. The van der Waals surface area contributed by atoms with Crippen molar-refractivity contribution in [3.63, 3.8) is 0 Å². The molecule has 154 valence electrons. The van der Waals surface area contributed by atoms with Gasteiger partial charge in [0.2, 0.25) is 5.82 Å². The second-order valence-electron chi connectivity index (χ2n) is 7.94. The summed E-state index contributed by atoms with van der Waals surface area (Å²) in [6.45, 7) is 7.86. The first kappa shape index (κ1) is 21.2. The molecule has 2 aromatic rings. The van der Waals surface area contributed by atoms with Gasteiger partial charge in [-0.05, 0) is 67.7 Å². The Morgan fingerprint density at radius 2 is 1.79 bits per heavy atom. The normalized spacial score (nSPS) is 20.1. The van der Waals surface area contributed by atoms with Crippen molar-refractivity contribution in [2.45, 2.75) is 58.0 Å². The number of carbonyl (C=O) groups is 1. The topological polar surface area (TPSA) is 26.3 Å². The number of carbonyl (C=O) groups excluding carboxylic acids is 1. The Hall–Kier alpha value is -2.49. The molecule has 0 heterocycles. The molecule has 0 saturated heterocycles. The summed E-state index contributed by atoms with van der Waals surface area (Å²) in [7, 11) is 0. The number of hydrogen-bond donors (Lipinski definition) is 0. The van der Waals surface area contributed by atoms with E-state index in [0.29, 0.717) is 12.2 Å². The van der Waals surface area contributed by atoms with E-state index in [4.69, 9.17) is 4.74 Å². The summed E-state index contributed by atoms with van der Waals surface area (Å²) in [5, 5.41) is 0. The van der Waals surface area contributed by atoms with Crippen molar-refractivity contribution in [3.8, 4) is 5.75 Å². The minimum atomic E-state index is -1.10. The van der Waals surface area contributed by atoms with Crippen LogP contribution in [-0.2, 0) is 0 Å². The Bertz CT molecular complexity index is 865. The van der Waals surface area contributed by atoms with Crippen LogP contribution >= 0.6 is 0 Å². The Morgan fingerprint density at radius 3 is 2.34 bits per heavy atom. The van der Waals surface area contributed by atoms with Gasteiger partial charge in [-0.25, -0.2) is 4.39 Å². The molecule has 1 aliphatic carbocycles. The van der Waals surface area contributed by atoms with Crippen LogP contribution in [0.25, 0.3) is 0 Å². The molecule has 1 aliphatic rings. The lowest BCUT2D eigenvalue weighted by molar-refractivity contribution is 0.111. The van der Waals surface area contributed by atoms with E-state index in [1.54, 1.807) is 0 Å². The lowest BCUT2D eigenvalue weighted by Crippen LogP contribution is -2.16. The molecule has 2 aromatic carbocycles. The van der Waals surface area contributed by atoms with E-state index in [0.717, 1.165) is 43.2 Å². The first-order chi connectivity index (χ1) is 14.0. The van der Waals surface area contributed by atoms with Gasteiger partial charge in [-0.15, -0.1) is 0 Å². The summed E-state index contributed by atoms with van der Waals surface area (Å²) in [5.74, 6) is -1.77. The highest BCUT2D eigenvalue weighted by Gasteiger charge is 2.28. The van der Waals surface area contributed by atoms with Crippen LogP contribution in [0.15, 0.2) is 43.0 Å². The summed E-state index contributed by atoms with van der Waals surface area (Å²) in [6, 6.07) is 8.96. The van der Waals surface area contributed by atoms with E-state index >= 15 is 0 Å². The number of rotatable bonds is 7. The predicted molar refractivity (Wildman–Crippen MR) is 111 cm³/mol. The van der Waals surface area contributed by atoms with E-state index in [-0.39, 0.29) is 22.8 Å². The second kappa shape index (κ2) is 9.34. The third-order valence-electron chi connectivity index (χ3n) is 6.07. The van der Waals surface area contributed by atoms with E-state index in [9.17, 15) is 13.6 Å². The smallest absolute Gasteiger partial charge is 0.201 e. The molecule has 1 atom stereocenters. The van der Waals surface area contributed by atoms with Gasteiger partial charge in [0.15, 0.2) is 17.9 Å². The second-order valence-corrected chi connectivity index (χ2v) is 7.94. The van der Waals surface area contributed by atoms with Crippen LogP contribution in [-0.4, -0.2) is 6.29 Å². The first-order valence-corrected chi connectivity index (χ1v) is 10.3. The van der Waals surface area contributed by atoms with Gasteiger partial charge in [-0.2, -0.15) is 4.39 Å². The maximum atomic E-state index is 15.0. The minimum Gasteiger partial charge on any atom is -0.478 e. The molecule has 0 radical (unpaired) electrons. The largest absolute Gasteiger partial charge is 0.478 e. The van der Waals surface area contributed by atoms with Gasteiger partial charge in [0.25, 0.3) is 0 Å². The van der Waals surface area contributed by atoms with Crippen LogP contribution in [0.1, 0.15) is 78.1 Å². The molecule has 29 heavy (non-hydrogen) atoms. The van der Waals surface area contributed by atoms with Crippen molar-refractivity contribution >= 4 is 6.29 Å². The van der Waals surface area contributed by atoms with Gasteiger partial charge < -0.3 is 4.74 Å². The van der Waals surface area contributed by atoms with Crippen LogP contribution in [0.4, 0.5) is 8.78 Å². The molecule has 1 fully saturated rings. The van der Waals surface area contributed by atoms with Gasteiger partial charge in [0.05, 0.1) is 5.56 Å². The van der Waals surface area contributed by atoms with Gasteiger partial charge in [-0.1, -0.05) is 49.8 Å². The highest BCUT2D eigenvalue weighted by Crippen LogP contribution is 2.41. The molecule has 0 bridgehead atoms. The maximum Gasteiger partial charge on any atom is 0.201 e. The van der Waals surface area contributed by atoms with Crippen molar-refractivity contribution < 1.29 is 18.3 Å². The zero-order valence-corrected chi connectivity index (χ0v) is 17.1. The van der Waals surface area contributed by atoms with Gasteiger partial charge in [0, 0.05) is 0 Å². The SMILES string of the molecule is C=CC(Oc1c(C=O)cc([C@H]2CC[C@H](CC)CC2)c(F)c1F)c1ccc(C)cc1. The molecule has 0 aliphatic heterocycles. The molecule has 3 rings (SSSR count). The van der Waals surface area contributed by atoms with Crippen LogP contribution in [0, 0.1) is 24.5 Å². The molecule has 0 aromatic heterocycles. The molecular formula is C25H28F2O2. The molecule has 0 spiro atoms. The highest BCUT2D eigenvalue weighted by molar-refractivity contribution is 5.80. The monoisotopic (exact) mass is 398 g/mol. The fourth-order valence-corrected chi connectivity index (χ4v) is 4.17. The lowest BCUT2D eigenvalue weighted by Gasteiger charge is -2.29. The Kier molecular flexibility index (Phi) is 6.83. The standard InChI is InChI=1S/C25H28F2O2/c1-4-17-8-12-18(13-9-17)21-14-20(15-28)25(24(27)23(21)26)29-22(5-2)19-10-6-16(3)7-11-19/h5-7,10-11,14-15,17-18,22H,2,4,8-9,12-13H2,1,3H3/t17-,18-,22?. The molecule has 2 nitrogen and oxygen atoms in total. The zero-order valence-electron chi connectivity index (χ0n) is 17.1. The Balaban J connectivity index is 1.91. The molecular weight excluding hydrogens is 370 g/mol. The van der Waals surface area contributed by atoms with E-state index in [1.807, 2.05) is 31.2 Å². The molecule has 4 heteroatoms. The average molecular weight is 398 g/mol. The number of aldehydes is 1. The summed E-state index contributed by atoms with van der Waals surface area (Å²) in [4.78, 5) is 11.7. The number of aryl methyl sites for hydroxylation is 1. The van der Waals surface area contributed by atoms with E-state index in [2.05, 4.69) is 13.5 Å². The third-order valence-corrected chi connectivity index (χ3v) is 6.07. The third kappa shape index (κ3) is 4.58. The lowest BCUT2D eigenvalue weighted by atomic mass is 9.77. The summed E-state index contributed by atoms with van der Waals surface area (Å²) >= 11 is 0. The molecule has 1 unspecified atom stereocenters.